The summed E-state index contributed by atoms with van der Waals surface area (Å²) >= 11 is 3.30. The number of methoxy groups -OCH3 is 1. The largest absolute Gasteiger partial charge is 0.383 e. The molecule has 0 fully saturated rings. The van der Waals surface area contributed by atoms with E-state index in [1.54, 1.807) is 19.2 Å². The first-order chi connectivity index (χ1) is 8.08. The van der Waals surface area contributed by atoms with E-state index in [-0.39, 0.29) is 11.7 Å². The maximum Gasteiger partial charge on any atom is 0.292 e. The van der Waals surface area contributed by atoms with Gasteiger partial charge in [0.15, 0.2) is 0 Å². The van der Waals surface area contributed by atoms with Crippen LogP contribution < -0.4 is 5.32 Å². The smallest absolute Gasteiger partial charge is 0.292 e. The monoisotopic (exact) mass is 302 g/mol. The van der Waals surface area contributed by atoms with Gasteiger partial charge < -0.3 is 10.1 Å². The zero-order valence-corrected chi connectivity index (χ0v) is 11.4. The molecule has 0 aliphatic heterocycles. The molecule has 0 aliphatic rings. The van der Waals surface area contributed by atoms with E-state index in [1.165, 1.54) is 6.07 Å². The highest BCUT2D eigenvalue weighted by Crippen LogP contribution is 2.28. The molecule has 6 heteroatoms. The van der Waals surface area contributed by atoms with Crippen LogP contribution >= 0.6 is 15.9 Å². The second kappa shape index (κ2) is 6.56. The van der Waals surface area contributed by atoms with E-state index < -0.39 is 4.92 Å². The van der Waals surface area contributed by atoms with Crippen molar-refractivity contribution in [2.24, 2.45) is 0 Å². The molecule has 5 nitrogen and oxygen atoms in total. The summed E-state index contributed by atoms with van der Waals surface area (Å²) in [6.45, 7) is 2.51. The van der Waals surface area contributed by atoms with Crippen molar-refractivity contribution in [2.75, 3.05) is 19.0 Å². The molecule has 0 saturated heterocycles. The summed E-state index contributed by atoms with van der Waals surface area (Å²) < 4.78 is 5.86. The maximum absolute atomic E-state index is 10.9. The number of nitrogens with zero attached hydrogens (tertiary/aromatic N) is 1. The minimum atomic E-state index is -0.395. The Hall–Kier alpha value is -1.14. The first kappa shape index (κ1) is 13.9. The number of nitro groups is 1. The maximum atomic E-state index is 10.9. The standard InChI is InChI=1S/C11H15BrN2O3/c1-3-9(7-17-2)13-10-6-8(12)4-5-11(10)14(15)16/h4-6,9,13H,3,7H2,1-2H3. The average Bonchev–Trinajstić information content (AvgIpc) is 2.28. The summed E-state index contributed by atoms with van der Waals surface area (Å²) in [5.74, 6) is 0. The highest BCUT2D eigenvalue weighted by Gasteiger charge is 2.16. The molecule has 0 bridgehead atoms. The fraction of sp³-hybridized carbons (Fsp3) is 0.455. The summed E-state index contributed by atoms with van der Waals surface area (Å²) in [6, 6.07) is 4.90. The summed E-state index contributed by atoms with van der Waals surface area (Å²) in [6.07, 6.45) is 0.831. The van der Waals surface area contributed by atoms with Crippen LogP contribution in [0.1, 0.15) is 13.3 Å². The molecule has 1 unspecified atom stereocenters. The molecule has 0 aliphatic carbocycles. The van der Waals surface area contributed by atoms with E-state index in [4.69, 9.17) is 4.74 Å². The fourth-order valence-electron chi connectivity index (χ4n) is 1.47. The molecule has 0 spiro atoms. The van der Waals surface area contributed by atoms with Crippen LogP contribution in [0.3, 0.4) is 0 Å². The third-order valence-electron chi connectivity index (χ3n) is 2.38. The molecule has 1 atom stereocenters. The minimum absolute atomic E-state index is 0.0630. The van der Waals surface area contributed by atoms with Crippen molar-refractivity contribution in [3.63, 3.8) is 0 Å². The fourth-order valence-corrected chi connectivity index (χ4v) is 1.83. The number of rotatable bonds is 6. The Bertz CT molecular complexity index is 398. The molecule has 94 valence electrons. The van der Waals surface area contributed by atoms with Gasteiger partial charge >= 0.3 is 0 Å². The zero-order chi connectivity index (χ0) is 12.8. The van der Waals surface area contributed by atoms with E-state index in [0.29, 0.717) is 12.3 Å². The number of benzene rings is 1. The van der Waals surface area contributed by atoms with Gasteiger partial charge in [-0.05, 0) is 18.6 Å². The molecule has 1 aromatic carbocycles. The van der Waals surface area contributed by atoms with E-state index >= 15 is 0 Å². The number of nitro benzene ring substituents is 1. The second-order valence-electron chi connectivity index (χ2n) is 3.62. The molecule has 0 amide bonds. The summed E-state index contributed by atoms with van der Waals surface area (Å²) in [5.41, 5.74) is 0.580. The Morgan fingerprint density at radius 2 is 2.29 bits per heavy atom. The van der Waals surface area contributed by atoms with Gasteiger partial charge in [0.1, 0.15) is 5.69 Å². The molecule has 1 aromatic rings. The first-order valence-corrected chi connectivity index (χ1v) is 6.07. The van der Waals surface area contributed by atoms with Gasteiger partial charge in [-0.1, -0.05) is 22.9 Å². The average molecular weight is 303 g/mol. The van der Waals surface area contributed by atoms with Crippen LogP contribution in [0.15, 0.2) is 22.7 Å². The SMILES string of the molecule is CCC(COC)Nc1cc(Br)ccc1[N+](=O)[O-]. The van der Waals surface area contributed by atoms with Gasteiger partial charge in [-0.25, -0.2) is 0 Å². The van der Waals surface area contributed by atoms with Crippen molar-refractivity contribution in [3.05, 3.63) is 32.8 Å². The van der Waals surface area contributed by atoms with Crippen LogP contribution in [-0.4, -0.2) is 24.7 Å². The van der Waals surface area contributed by atoms with E-state index in [9.17, 15) is 10.1 Å². The minimum Gasteiger partial charge on any atom is -0.383 e. The molecule has 0 radical (unpaired) electrons. The quantitative estimate of drug-likeness (QED) is 0.647. The van der Waals surface area contributed by atoms with Gasteiger partial charge in [0, 0.05) is 23.7 Å². The van der Waals surface area contributed by atoms with E-state index in [0.717, 1.165) is 10.9 Å². The summed E-state index contributed by atoms with van der Waals surface area (Å²) in [4.78, 5) is 10.5. The molecular formula is C11H15BrN2O3. The van der Waals surface area contributed by atoms with Crippen molar-refractivity contribution >= 4 is 27.3 Å². The molecule has 1 N–H and O–H groups in total. The molecule has 1 rings (SSSR count). The van der Waals surface area contributed by atoms with Crippen LogP contribution in [0.4, 0.5) is 11.4 Å². The van der Waals surface area contributed by atoms with Crippen molar-refractivity contribution in [1.82, 2.24) is 0 Å². The third kappa shape index (κ3) is 3.98. The predicted molar refractivity (Wildman–Crippen MR) is 70.4 cm³/mol. The van der Waals surface area contributed by atoms with Crippen molar-refractivity contribution in [1.29, 1.82) is 0 Å². The molecular weight excluding hydrogens is 288 g/mol. The highest BCUT2D eigenvalue weighted by atomic mass is 79.9. The van der Waals surface area contributed by atoms with Crippen LogP contribution in [0, 0.1) is 10.1 Å². The summed E-state index contributed by atoms with van der Waals surface area (Å²) in [5, 5.41) is 14.0. The highest BCUT2D eigenvalue weighted by molar-refractivity contribution is 9.10. The Kier molecular flexibility index (Phi) is 5.37. The van der Waals surface area contributed by atoms with Crippen molar-refractivity contribution < 1.29 is 9.66 Å². The van der Waals surface area contributed by atoms with Gasteiger partial charge in [0.2, 0.25) is 0 Å². The van der Waals surface area contributed by atoms with Crippen LogP contribution in [0.2, 0.25) is 0 Å². The molecule has 0 heterocycles. The predicted octanol–water partition coefficient (Wildman–Crippen LogP) is 3.19. The van der Waals surface area contributed by atoms with Crippen molar-refractivity contribution in [3.8, 4) is 0 Å². The van der Waals surface area contributed by atoms with Crippen LogP contribution in [0.25, 0.3) is 0 Å². The molecule has 0 saturated carbocycles. The number of hydrogen-bond acceptors (Lipinski definition) is 4. The van der Waals surface area contributed by atoms with Gasteiger partial charge in [0.25, 0.3) is 5.69 Å². The normalized spacial score (nSPS) is 12.2. The second-order valence-corrected chi connectivity index (χ2v) is 4.54. The van der Waals surface area contributed by atoms with Crippen LogP contribution in [0.5, 0.6) is 0 Å². The Morgan fingerprint density at radius 1 is 1.59 bits per heavy atom. The lowest BCUT2D eigenvalue weighted by atomic mass is 10.2. The zero-order valence-electron chi connectivity index (χ0n) is 9.77. The summed E-state index contributed by atoms with van der Waals surface area (Å²) in [7, 11) is 1.61. The van der Waals surface area contributed by atoms with Gasteiger partial charge in [-0.2, -0.15) is 0 Å². The lowest BCUT2D eigenvalue weighted by Crippen LogP contribution is -2.24. The first-order valence-electron chi connectivity index (χ1n) is 5.27. The number of halogens is 1. The van der Waals surface area contributed by atoms with Gasteiger partial charge in [-0.3, -0.25) is 10.1 Å². The number of nitrogens with one attached hydrogen (secondary N) is 1. The molecule has 17 heavy (non-hydrogen) atoms. The van der Waals surface area contributed by atoms with E-state index in [1.807, 2.05) is 6.92 Å². The third-order valence-corrected chi connectivity index (χ3v) is 2.87. The topological polar surface area (TPSA) is 64.4 Å². The lowest BCUT2D eigenvalue weighted by molar-refractivity contribution is -0.384. The van der Waals surface area contributed by atoms with Gasteiger partial charge in [0.05, 0.1) is 11.5 Å². The van der Waals surface area contributed by atoms with Crippen LogP contribution in [-0.2, 0) is 4.74 Å². The number of ether oxygens (including phenoxy) is 1. The van der Waals surface area contributed by atoms with E-state index in [2.05, 4.69) is 21.2 Å². The number of anilines is 1. The Balaban J connectivity index is 2.94. The van der Waals surface area contributed by atoms with Crippen molar-refractivity contribution in [2.45, 2.75) is 19.4 Å². The van der Waals surface area contributed by atoms with Gasteiger partial charge in [-0.15, -0.1) is 0 Å². The molecule has 0 aromatic heterocycles. The lowest BCUT2D eigenvalue weighted by Gasteiger charge is -2.17. The number of hydrogen-bond donors (Lipinski definition) is 1. The Labute approximate surface area is 108 Å². The Morgan fingerprint density at radius 3 is 2.82 bits per heavy atom.